The van der Waals surface area contributed by atoms with Crippen LogP contribution in [0.1, 0.15) is 43.6 Å². The molecule has 130 valence electrons. The topological polar surface area (TPSA) is 59.6 Å². The van der Waals surface area contributed by atoms with Gasteiger partial charge < -0.3 is 20.1 Å². The summed E-state index contributed by atoms with van der Waals surface area (Å²) in [7, 11) is 0. The van der Waals surface area contributed by atoms with Crippen LogP contribution >= 0.6 is 0 Å². The molecule has 3 fully saturated rings. The van der Waals surface area contributed by atoms with Gasteiger partial charge >= 0.3 is 6.03 Å². The van der Waals surface area contributed by atoms with E-state index in [-0.39, 0.29) is 17.9 Å². The minimum absolute atomic E-state index is 0.0390. The molecule has 24 heavy (non-hydrogen) atoms. The Balaban J connectivity index is 1.16. The molecular formula is C19H26N2O3. The van der Waals surface area contributed by atoms with Crippen LogP contribution in [0.15, 0.2) is 30.3 Å². The minimum atomic E-state index is -0.356. The van der Waals surface area contributed by atoms with Crippen molar-refractivity contribution in [3.05, 3.63) is 35.9 Å². The van der Waals surface area contributed by atoms with Crippen LogP contribution in [0.5, 0.6) is 0 Å². The Labute approximate surface area is 143 Å². The number of ether oxygens (including phenoxy) is 2. The molecule has 1 saturated heterocycles. The molecule has 2 aliphatic carbocycles. The molecule has 2 unspecified atom stereocenters. The first-order valence-electron chi connectivity index (χ1n) is 9.11. The number of rotatable bonds is 4. The molecule has 2 atom stereocenters. The average Bonchev–Trinajstić information content (AvgIpc) is 3.27. The molecule has 4 rings (SSSR count). The highest BCUT2D eigenvalue weighted by atomic mass is 16.7. The molecule has 0 radical (unpaired) electrons. The van der Waals surface area contributed by atoms with Gasteiger partial charge in [-0.25, -0.2) is 4.79 Å². The number of urea groups is 1. The standard InChI is InChI=1S/C19H26N2O3/c22-18(20-13-15-12-17(15)14-4-2-1-3-5-14)21-16-6-8-19(9-7-16)23-10-11-24-19/h1-5,15-17H,6-13H2,(H2,20,21,22). The van der Waals surface area contributed by atoms with Gasteiger partial charge in [0.15, 0.2) is 5.79 Å². The highest BCUT2D eigenvalue weighted by Crippen LogP contribution is 2.46. The fraction of sp³-hybridized carbons (Fsp3) is 0.632. The van der Waals surface area contributed by atoms with Crippen molar-refractivity contribution in [1.29, 1.82) is 0 Å². The lowest BCUT2D eigenvalue weighted by Crippen LogP contribution is -2.47. The second-order valence-electron chi connectivity index (χ2n) is 7.25. The summed E-state index contributed by atoms with van der Waals surface area (Å²) in [6.45, 7) is 2.15. The summed E-state index contributed by atoms with van der Waals surface area (Å²) < 4.78 is 11.5. The van der Waals surface area contributed by atoms with E-state index in [9.17, 15) is 4.79 Å². The summed E-state index contributed by atoms with van der Waals surface area (Å²) >= 11 is 0. The van der Waals surface area contributed by atoms with Crippen LogP contribution in [0.25, 0.3) is 0 Å². The first-order valence-corrected chi connectivity index (χ1v) is 9.11. The van der Waals surface area contributed by atoms with Crippen LogP contribution in [-0.4, -0.2) is 37.6 Å². The summed E-state index contributed by atoms with van der Waals surface area (Å²) in [4.78, 5) is 12.1. The molecule has 1 aliphatic heterocycles. The molecule has 1 heterocycles. The maximum Gasteiger partial charge on any atom is 0.315 e. The first-order chi connectivity index (χ1) is 11.7. The van der Waals surface area contributed by atoms with Gasteiger partial charge in [0.2, 0.25) is 0 Å². The normalized spacial score (nSPS) is 28.7. The van der Waals surface area contributed by atoms with Crippen molar-refractivity contribution < 1.29 is 14.3 Å². The zero-order chi connectivity index (χ0) is 16.4. The second kappa shape index (κ2) is 6.73. The smallest absolute Gasteiger partial charge is 0.315 e. The summed E-state index contributed by atoms with van der Waals surface area (Å²) in [5.74, 6) is 0.830. The highest BCUT2D eigenvalue weighted by Gasteiger charge is 2.41. The number of amides is 2. The molecule has 2 N–H and O–H groups in total. The number of carbonyl (C=O) groups excluding carboxylic acids is 1. The molecule has 2 saturated carbocycles. The van der Waals surface area contributed by atoms with Gasteiger partial charge in [-0.05, 0) is 36.7 Å². The van der Waals surface area contributed by atoms with E-state index in [1.165, 1.54) is 12.0 Å². The average molecular weight is 330 g/mol. The molecular weight excluding hydrogens is 304 g/mol. The third-order valence-electron chi connectivity index (χ3n) is 5.57. The molecule has 5 heteroatoms. The molecule has 0 aromatic heterocycles. The number of hydrogen-bond donors (Lipinski definition) is 2. The Morgan fingerprint density at radius 2 is 1.83 bits per heavy atom. The van der Waals surface area contributed by atoms with E-state index in [2.05, 4.69) is 34.9 Å². The van der Waals surface area contributed by atoms with E-state index in [1.54, 1.807) is 0 Å². The predicted octanol–water partition coefficient (Wildman–Crippen LogP) is 2.78. The van der Waals surface area contributed by atoms with Crippen LogP contribution in [0.3, 0.4) is 0 Å². The van der Waals surface area contributed by atoms with E-state index in [4.69, 9.17) is 9.47 Å². The summed E-state index contributed by atoms with van der Waals surface area (Å²) in [6.07, 6.45) is 4.76. The maximum absolute atomic E-state index is 12.1. The molecule has 1 aromatic carbocycles. The van der Waals surface area contributed by atoms with Gasteiger partial charge in [-0.2, -0.15) is 0 Å². The summed E-state index contributed by atoms with van der Waals surface area (Å²) in [5.41, 5.74) is 1.39. The molecule has 2 amide bonds. The van der Waals surface area contributed by atoms with Crippen LogP contribution in [-0.2, 0) is 9.47 Å². The van der Waals surface area contributed by atoms with Crippen molar-refractivity contribution in [3.8, 4) is 0 Å². The highest BCUT2D eigenvalue weighted by molar-refractivity contribution is 5.74. The fourth-order valence-electron chi connectivity index (χ4n) is 4.03. The number of carbonyl (C=O) groups is 1. The summed E-state index contributed by atoms with van der Waals surface area (Å²) in [6, 6.07) is 10.8. The van der Waals surface area contributed by atoms with Gasteiger partial charge in [0, 0.05) is 25.4 Å². The lowest BCUT2D eigenvalue weighted by molar-refractivity contribution is -0.179. The molecule has 1 spiro atoms. The van der Waals surface area contributed by atoms with E-state index < -0.39 is 0 Å². The number of benzene rings is 1. The van der Waals surface area contributed by atoms with Gasteiger partial charge in [0.05, 0.1) is 13.2 Å². The monoisotopic (exact) mass is 330 g/mol. The van der Waals surface area contributed by atoms with E-state index in [0.717, 1.165) is 32.2 Å². The SMILES string of the molecule is O=C(NCC1CC1c1ccccc1)NC1CCC2(CC1)OCCO2. The largest absolute Gasteiger partial charge is 0.348 e. The molecule has 0 bridgehead atoms. The van der Waals surface area contributed by atoms with Crippen molar-refractivity contribution in [3.63, 3.8) is 0 Å². The molecule has 1 aromatic rings. The lowest BCUT2D eigenvalue weighted by atomic mass is 9.90. The second-order valence-corrected chi connectivity index (χ2v) is 7.25. The van der Waals surface area contributed by atoms with Crippen molar-refractivity contribution >= 4 is 6.03 Å². The van der Waals surface area contributed by atoms with E-state index in [0.29, 0.717) is 25.0 Å². The Hall–Kier alpha value is -1.59. The van der Waals surface area contributed by atoms with Crippen LogP contribution in [0, 0.1) is 5.92 Å². The Morgan fingerprint density at radius 3 is 2.54 bits per heavy atom. The van der Waals surface area contributed by atoms with Gasteiger partial charge in [-0.1, -0.05) is 30.3 Å². The number of nitrogens with one attached hydrogen (secondary N) is 2. The Morgan fingerprint density at radius 1 is 1.12 bits per heavy atom. The quantitative estimate of drug-likeness (QED) is 0.892. The maximum atomic E-state index is 12.1. The van der Waals surface area contributed by atoms with Gasteiger partial charge in [0.25, 0.3) is 0 Å². The van der Waals surface area contributed by atoms with Gasteiger partial charge in [-0.15, -0.1) is 0 Å². The third-order valence-corrected chi connectivity index (χ3v) is 5.57. The fourth-order valence-corrected chi connectivity index (χ4v) is 4.03. The first kappa shape index (κ1) is 15.9. The third kappa shape index (κ3) is 3.57. The van der Waals surface area contributed by atoms with Crippen molar-refractivity contribution in [2.45, 2.75) is 49.9 Å². The van der Waals surface area contributed by atoms with Crippen LogP contribution in [0.4, 0.5) is 4.79 Å². The zero-order valence-corrected chi connectivity index (χ0v) is 14.0. The predicted molar refractivity (Wildman–Crippen MR) is 90.7 cm³/mol. The summed E-state index contributed by atoms with van der Waals surface area (Å²) in [5, 5.41) is 6.14. The van der Waals surface area contributed by atoms with Crippen LogP contribution in [0.2, 0.25) is 0 Å². The number of hydrogen-bond acceptors (Lipinski definition) is 3. The van der Waals surface area contributed by atoms with E-state index in [1.807, 2.05) is 6.07 Å². The van der Waals surface area contributed by atoms with Crippen molar-refractivity contribution in [2.75, 3.05) is 19.8 Å². The zero-order valence-electron chi connectivity index (χ0n) is 14.0. The van der Waals surface area contributed by atoms with Crippen LogP contribution < -0.4 is 10.6 Å². The Bertz CT molecular complexity index is 561. The van der Waals surface area contributed by atoms with Crippen molar-refractivity contribution in [2.24, 2.45) is 5.92 Å². The van der Waals surface area contributed by atoms with Gasteiger partial charge in [-0.3, -0.25) is 0 Å². The minimum Gasteiger partial charge on any atom is -0.348 e. The lowest BCUT2D eigenvalue weighted by Gasteiger charge is -2.35. The molecule has 3 aliphatic rings. The Kier molecular flexibility index (Phi) is 4.46. The van der Waals surface area contributed by atoms with E-state index >= 15 is 0 Å². The van der Waals surface area contributed by atoms with Crippen molar-refractivity contribution in [1.82, 2.24) is 10.6 Å². The van der Waals surface area contributed by atoms with Gasteiger partial charge in [0.1, 0.15) is 0 Å². The molecule has 5 nitrogen and oxygen atoms in total.